The molecular weight excluding hydrogens is 228 g/mol. The van der Waals surface area contributed by atoms with Crippen LogP contribution in [0.1, 0.15) is 11.1 Å². The average Bonchev–Trinajstić information content (AvgIpc) is 2.30. The first-order valence-electron chi connectivity index (χ1n) is 6.19. The monoisotopic (exact) mass is 252 g/mol. The number of benzene rings is 1. The van der Waals surface area contributed by atoms with Gasteiger partial charge in [0.05, 0.1) is 19.3 Å². The molecule has 102 valence electrons. The van der Waals surface area contributed by atoms with Gasteiger partial charge >= 0.3 is 0 Å². The van der Waals surface area contributed by atoms with Crippen molar-refractivity contribution in [3.05, 3.63) is 35.4 Å². The number of nitrogens with zero attached hydrogens (tertiary/aromatic N) is 1. The van der Waals surface area contributed by atoms with Crippen molar-refractivity contribution in [2.24, 2.45) is 5.73 Å². The Morgan fingerprint density at radius 2 is 2.17 bits per heavy atom. The Labute approximate surface area is 109 Å². The Balaban J connectivity index is 2.64. The highest BCUT2D eigenvalue weighted by atomic mass is 16.5. The Bertz CT molecular complexity index is 357. The van der Waals surface area contributed by atoms with Gasteiger partial charge in [0, 0.05) is 19.7 Å². The normalized spacial score (nSPS) is 14.8. The van der Waals surface area contributed by atoms with Crippen molar-refractivity contribution < 1.29 is 9.84 Å². The summed E-state index contributed by atoms with van der Waals surface area (Å²) in [7, 11) is 3.59. The fraction of sp³-hybridized carbons (Fsp3) is 0.571. The van der Waals surface area contributed by atoms with Gasteiger partial charge in [-0.05, 0) is 19.5 Å². The summed E-state index contributed by atoms with van der Waals surface area (Å²) in [5.74, 6) is 0. The molecule has 0 aliphatic carbocycles. The van der Waals surface area contributed by atoms with Crippen molar-refractivity contribution in [3.63, 3.8) is 0 Å². The van der Waals surface area contributed by atoms with Crippen molar-refractivity contribution in [2.45, 2.75) is 25.6 Å². The molecule has 18 heavy (non-hydrogen) atoms. The summed E-state index contributed by atoms with van der Waals surface area (Å²) in [5, 5.41) is 9.45. The van der Waals surface area contributed by atoms with Crippen molar-refractivity contribution >= 4 is 0 Å². The zero-order valence-electron chi connectivity index (χ0n) is 11.5. The van der Waals surface area contributed by atoms with Crippen LogP contribution < -0.4 is 5.73 Å². The van der Waals surface area contributed by atoms with Gasteiger partial charge < -0.3 is 15.6 Å². The number of hydrogen-bond donors (Lipinski definition) is 2. The molecule has 1 rings (SSSR count). The average molecular weight is 252 g/mol. The second kappa shape index (κ2) is 7.48. The van der Waals surface area contributed by atoms with E-state index < -0.39 is 0 Å². The van der Waals surface area contributed by atoms with Crippen LogP contribution in [0.4, 0.5) is 0 Å². The van der Waals surface area contributed by atoms with Gasteiger partial charge in [0.1, 0.15) is 0 Å². The second-order valence-electron chi connectivity index (χ2n) is 4.77. The lowest BCUT2D eigenvalue weighted by Crippen LogP contribution is -2.50. The third-order valence-corrected chi connectivity index (χ3v) is 3.12. The van der Waals surface area contributed by atoms with Gasteiger partial charge in [-0.25, -0.2) is 0 Å². The molecule has 2 atom stereocenters. The summed E-state index contributed by atoms with van der Waals surface area (Å²) in [5.41, 5.74) is 8.46. The fourth-order valence-corrected chi connectivity index (χ4v) is 2.12. The van der Waals surface area contributed by atoms with E-state index in [4.69, 9.17) is 10.5 Å². The van der Waals surface area contributed by atoms with Gasteiger partial charge in [-0.3, -0.25) is 4.90 Å². The van der Waals surface area contributed by atoms with E-state index in [0.29, 0.717) is 6.61 Å². The Morgan fingerprint density at radius 3 is 2.72 bits per heavy atom. The van der Waals surface area contributed by atoms with Gasteiger partial charge in [-0.15, -0.1) is 0 Å². The highest BCUT2D eigenvalue weighted by Crippen LogP contribution is 2.10. The van der Waals surface area contributed by atoms with Crippen LogP contribution in [0.25, 0.3) is 0 Å². The van der Waals surface area contributed by atoms with Crippen molar-refractivity contribution in [1.82, 2.24) is 4.90 Å². The van der Waals surface area contributed by atoms with Crippen LogP contribution >= 0.6 is 0 Å². The maximum absolute atomic E-state index is 9.45. The number of rotatable bonds is 7. The predicted octanol–water partition coefficient (Wildman–Crippen LogP) is 0.761. The molecule has 0 heterocycles. The maximum atomic E-state index is 9.45. The number of aliphatic hydroxyl groups is 1. The molecule has 0 aliphatic heterocycles. The van der Waals surface area contributed by atoms with Crippen LogP contribution in [-0.4, -0.2) is 49.5 Å². The number of aliphatic hydroxyl groups excluding tert-OH is 1. The van der Waals surface area contributed by atoms with E-state index >= 15 is 0 Å². The highest BCUT2D eigenvalue weighted by molar-refractivity contribution is 5.22. The zero-order valence-corrected chi connectivity index (χ0v) is 11.5. The number of nitrogens with two attached hydrogens (primary N) is 1. The van der Waals surface area contributed by atoms with Gasteiger partial charge in [-0.2, -0.15) is 0 Å². The fourth-order valence-electron chi connectivity index (χ4n) is 2.12. The summed E-state index contributed by atoms with van der Waals surface area (Å²) in [6.45, 7) is 3.32. The van der Waals surface area contributed by atoms with Crippen LogP contribution in [-0.2, 0) is 11.3 Å². The van der Waals surface area contributed by atoms with Crippen LogP contribution in [0.5, 0.6) is 0 Å². The second-order valence-corrected chi connectivity index (χ2v) is 4.77. The Kier molecular flexibility index (Phi) is 6.29. The lowest BCUT2D eigenvalue weighted by molar-refractivity contribution is 0.0817. The maximum Gasteiger partial charge on any atom is 0.0629 e. The number of hydrogen-bond acceptors (Lipinski definition) is 4. The van der Waals surface area contributed by atoms with E-state index in [1.807, 2.05) is 13.1 Å². The zero-order chi connectivity index (χ0) is 13.5. The van der Waals surface area contributed by atoms with E-state index in [1.165, 1.54) is 11.1 Å². The largest absolute Gasteiger partial charge is 0.395 e. The van der Waals surface area contributed by atoms with Crippen LogP contribution in [0.3, 0.4) is 0 Å². The summed E-state index contributed by atoms with van der Waals surface area (Å²) in [6, 6.07) is 8.07. The molecule has 0 spiro atoms. The number of aryl methyl sites for hydroxylation is 1. The molecule has 0 fully saturated rings. The van der Waals surface area contributed by atoms with Crippen LogP contribution in [0.2, 0.25) is 0 Å². The molecule has 4 heteroatoms. The highest BCUT2D eigenvalue weighted by Gasteiger charge is 2.21. The van der Waals surface area contributed by atoms with Crippen LogP contribution in [0, 0.1) is 6.92 Å². The molecule has 0 amide bonds. The first-order valence-corrected chi connectivity index (χ1v) is 6.19. The van der Waals surface area contributed by atoms with E-state index in [0.717, 1.165) is 6.54 Å². The van der Waals surface area contributed by atoms with E-state index in [9.17, 15) is 5.11 Å². The van der Waals surface area contributed by atoms with Crippen molar-refractivity contribution in [3.8, 4) is 0 Å². The number of likely N-dealkylation sites (N-methyl/N-ethyl adjacent to an activating group) is 1. The molecule has 3 N–H and O–H groups in total. The third-order valence-electron chi connectivity index (χ3n) is 3.12. The standard InChI is InChI=1S/C14H24N2O2/c1-11-5-4-6-12(7-11)8-16(2)14(9-17)13(15)10-18-3/h4-7,13-14,17H,8-10,15H2,1-3H3. The lowest BCUT2D eigenvalue weighted by atomic mass is 10.1. The minimum atomic E-state index is -0.185. The molecular formula is C14H24N2O2. The molecule has 2 unspecified atom stereocenters. The SMILES string of the molecule is COCC(N)C(CO)N(C)Cc1cccc(C)c1. The van der Waals surface area contributed by atoms with Gasteiger partial charge in [0.15, 0.2) is 0 Å². The summed E-state index contributed by atoms with van der Waals surface area (Å²) < 4.78 is 5.04. The molecule has 0 radical (unpaired) electrons. The van der Waals surface area contributed by atoms with E-state index in [2.05, 4.69) is 30.0 Å². The molecule has 0 saturated heterocycles. The molecule has 4 nitrogen and oxygen atoms in total. The Morgan fingerprint density at radius 1 is 1.44 bits per heavy atom. The molecule has 0 saturated carbocycles. The third kappa shape index (κ3) is 4.38. The van der Waals surface area contributed by atoms with Gasteiger partial charge in [0.25, 0.3) is 0 Å². The molecule has 1 aromatic carbocycles. The van der Waals surface area contributed by atoms with E-state index in [1.54, 1.807) is 7.11 Å². The summed E-state index contributed by atoms with van der Waals surface area (Å²) >= 11 is 0. The quantitative estimate of drug-likeness (QED) is 0.752. The minimum Gasteiger partial charge on any atom is -0.395 e. The topological polar surface area (TPSA) is 58.7 Å². The molecule has 1 aromatic rings. The number of methoxy groups -OCH3 is 1. The number of ether oxygens (including phenoxy) is 1. The van der Waals surface area contributed by atoms with Crippen molar-refractivity contribution in [2.75, 3.05) is 27.4 Å². The van der Waals surface area contributed by atoms with Crippen molar-refractivity contribution in [1.29, 1.82) is 0 Å². The Hall–Kier alpha value is -0.940. The van der Waals surface area contributed by atoms with Gasteiger partial charge in [-0.1, -0.05) is 29.8 Å². The first kappa shape index (κ1) is 15.1. The van der Waals surface area contributed by atoms with Gasteiger partial charge in [0.2, 0.25) is 0 Å². The lowest BCUT2D eigenvalue weighted by Gasteiger charge is -2.31. The molecule has 0 aromatic heterocycles. The minimum absolute atomic E-state index is 0.0346. The smallest absolute Gasteiger partial charge is 0.0629 e. The van der Waals surface area contributed by atoms with E-state index in [-0.39, 0.29) is 18.7 Å². The predicted molar refractivity (Wildman–Crippen MR) is 73.4 cm³/mol. The first-order chi connectivity index (χ1) is 8.58. The summed E-state index contributed by atoms with van der Waals surface area (Å²) in [4.78, 5) is 2.07. The molecule has 0 aliphatic rings. The molecule has 0 bridgehead atoms. The summed E-state index contributed by atoms with van der Waals surface area (Å²) in [6.07, 6.45) is 0. The van der Waals surface area contributed by atoms with Crippen LogP contribution in [0.15, 0.2) is 24.3 Å².